The van der Waals surface area contributed by atoms with Crippen molar-refractivity contribution in [1.29, 1.82) is 0 Å². The zero-order valence-corrected chi connectivity index (χ0v) is 10.2. The van der Waals surface area contributed by atoms with Crippen molar-refractivity contribution >= 4 is 11.8 Å². The van der Waals surface area contributed by atoms with E-state index in [1.807, 2.05) is 0 Å². The first kappa shape index (κ1) is 14.7. The molecule has 0 aliphatic carbocycles. The lowest BCUT2D eigenvalue weighted by molar-refractivity contribution is -0.158. The Balaban J connectivity index is 2.58. The van der Waals surface area contributed by atoms with E-state index < -0.39 is 36.1 Å². The van der Waals surface area contributed by atoms with Crippen molar-refractivity contribution in [2.24, 2.45) is 5.73 Å². The highest BCUT2D eigenvalue weighted by molar-refractivity contribution is 5.92. The minimum absolute atomic E-state index is 0.0196. The van der Waals surface area contributed by atoms with Crippen LogP contribution in [0.25, 0.3) is 0 Å². The molecule has 1 heterocycles. The molecule has 104 valence electrons. The van der Waals surface area contributed by atoms with Gasteiger partial charge in [0.1, 0.15) is 12.6 Å². The van der Waals surface area contributed by atoms with Crippen LogP contribution in [0.15, 0.2) is 0 Å². The lowest BCUT2D eigenvalue weighted by Crippen LogP contribution is -2.54. The molecular formula is C10H16F3N3O2. The van der Waals surface area contributed by atoms with Crippen molar-refractivity contribution in [3.63, 3.8) is 0 Å². The summed E-state index contributed by atoms with van der Waals surface area (Å²) in [6.45, 7) is 1.60. The molecule has 1 fully saturated rings. The Morgan fingerprint density at radius 2 is 2.06 bits per heavy atom. The third-order valence-corrected chi connectivity index (χ3v) is 2.56. The Kier molecular flexibility index (Phi) is 3.89. The quantitative estimate of drug-likeness (QED) is 0.756. The van der Waals surface area contributed by atoms with Crippen LogP contribution in [0.4, 0.5) is 13.2 Å². The summed E-state index contributed by atoms with van der Waals surface area (Å²) in [4.78, 5) is 23.8. The highest BCUT2D eigenvalue weighted by Gasteiger charge is 2.40. The van der Waals surface area contributed by atoms with Crippen molar-refractivity contribution in [2.45, 2.75) is 38.0 Å². The molecule has 0 spiro atoms. The van der Waals surface area contributed by atoms with Gasteiger partial charge >= 0.3 is 6.18 Å². The van der Waals surface area contributed by atoms with E-state index >= 15 is 0 Å². The van der Waals surface area contributed by atoms with Gasteiger partial charge in [-0.15, -0.1) is 0 Å². The predicted octanol–water partition coefficient (Wildman–Crippen LogP) is 0.00310. The molecule has 2 amide bonds. The highest BCUT2D eigenvalue weighted by atomic mass is 19.4. The molecule has 0 bridgehead atoms. The average molecular weight is 267 g/mol. The molecule has 3 N–H and O–H groups in total. The molecule has 0 aromatic carbocycles. The molecule has 8 heteroatoms. The van der Waals surface area contributed by atoms with Gasteiger partial charge < -0.3 is 16.0 Å². The SMILES string of the molecule is CC(C)(N)C(=O)NC1CCN(CC(F)(F)F)C1=O. The van der Waals surface area contributed by atoms with Crippen LogP contribution >= 0.6 is 0 Å². The molecule has 0 saturated carbocycles. The second-order valence-corrected chi connectivity index (χ2v) is 4.91. The van der Waals surface area contributed by atoms with Gasteiger partial charge in [0.15, 0.2) is 0 Å². The standard InChI is InChI=1S/C10H16F3N3O2/c1-9(2,14)8(18)15-6-3-4-16(7(6)17)5-10(11,12)13/h6H,3-5,14H2,1-2H3,(H,15,18). The summed E-state index contributed by atoms with van der Waals surface area (Å²) < 4.78 is 36.5. The van der Waals surface area contributed by atoms with E-state index in [1.54, 1.807) is 0 Å². The van der Waals surface area contributed by atoms with E-state index in [2.05, 4.69) is 5.32 Å². The van der Waals surface area contributed by atoms with Crippen LogP contribution in [0.2, 0.25) is 0 Å². The summed E-state index contributed by atoms with van der Waals surface area (Å²) in [5.41, 5.74) is 4.35. The first-order valence-corrected chi connectivity index (χ1v) is 5.46. The molecule has 1 atom stereocenters. The third kappa shape index (κ3) is 3.86. The van der Waals surface area contributed by atoms with Crippen molar-refractivity contribution < 1.29 is 22.8 Å². The van der Waals surface area contributed by atoms with Crippen LogP contribution in [-0.4, -0.2) is 47.6 Å². The van der Waals surface area contributed by atoms with Crippen molar-refractivity contribution in [1.82, 2.24) is 10.2 Å². The number of hydrogen-bond acceptors (Lipinski definition) is 3. The zero-order chi connectivity index (χ0) is 14.1. The Labute approximate surface area is 102 Å². The first-order valence-electron chi connectivity index (χ1n) is 5.46. The number of alkyl halides is 3. The fraction of sp³-hybridized carbons (Fsp3) is 0.800. The molecule has 1 rings (SSSR count). The molecule has 0 aromatic heterocycles. The second-order valence-electron chi connectivity index (χ2n) is 4.91. The molecule has 1 saturated heterocycles. The van der Waals surface area contributed by atoms with Crippen molar-refractivity contribution in [3.05, 3.63) is 0 Å². The summed E-state index contributed by atoms with van der Waals surface area (Å²) in [6.07, 6.45) is -4.27. The van der Waals surface area contributed by atoms with Crippen LogP contribution in [0.1, 0.15) is 20.3 Å². The summed E-state index contributed by atoms with van der Waals surface area (Å²) in [5.74, 6) is -1.28. The molecular weight excluding hydrogens is 251 g/mol. The van der Waals surface area contributed by atoms with Crippen molar-refractivity contribution in [3.8, 4) is 0 Å². The van der Waals surface area contributed by atoms with Gasteiger partial charge in [-0.2, -0.15) is 13.2 Å². The van der Waals surface area contributed by atoms with Crippen LogP contribution < -0.4 is 11.1 Å². The normalized spacial score (nSPS) is 21.3. The first-order chi connectivity index (χ1) is 8.00. The smallest absolute Gasteiger partial charge is 0.343 e. The van der Waals surface area contributed by atoms with Crippen LogP contribution in [0.3, 0.4) is 0 Å². The Hall–Kier alpha value is -1.31. The van der Waals surface area contributed by atoms with Gasteiger partial charge in [0, 0.05) is 6.54 Å². The second kappa shape index (κ2) is 4.75. The van der Waals surface area contributed by atoms with E-state index in [9.17, 15) is 22.8 Å². The van der Waals surface area contributed by atoms with Gasteiger partial charge in [0.2, 0.25) is 11.8 Å². The summed E-state index contributed by atoms with van der Waals surface area (Å²) in [6, 6.07) is -0.914. The molecule has 1 aliphatic heterocycles. The lowest BCUT2D eigenvalue weighted by atomic mass is 10.1. The number of rotatable bonds is 3. The molecule has 1 aliphatic rings. The fourth-order valence-electron chi connectivity index (χ4n) is 1.59. The van der Waals surface area contributed by atoms with Crippen molar-refractivity contribution in [2.75, 3.05) is 13.1 Å². The average Bonchev–Trinajstić information content (AvgIpc) is 2.46. The Morgan fingerprint density at radius 3 is 2.50 bits per heavy atom. The molecule has 18 heavy (non-hydrogen) atoms. The largest absolute Gasteiger partial charge is 0.406 e. The summed E-state index contributed by atoms with van der Waals surface area (Å²) in [7, 11) is 0. The molecule has 0 aromatic rings. The number of halogens is 3. The monoisotopic (exact) mass is 267 g/mol. The lowest BCUT2D eigenvalue weighted by Gasteiger charge is -2.22. The van der Waals surface area contributed by atoms with Gasteiger partial charge in [0.25, 0.3) is 0 Å². The van der Waals surface area contributed by atoms with E-state index in [-0.39, 0.29) is 13.0 Å². The van der Waals surface area contributed by atoms with Gasteiger partial charge in [0.05, 0.1) is 5.54 Å². The van der Waals surface area contributed by atoms with Gasteiger partial charge in [-0.25, -0.2) is 0 Å². The maximum Gasteiger partial charge on any atom is 0.406 e. The zero-order valence-electron chi connectivity index (χ0n) is 10.2. The molecule has 0 radical (unpaired) electrons. The molecule has 5 nitrogen and oxygen atoms in total. The van der Waals surface area contributed by atoms with Crippen LogP contribution in [-0.2, 0) is 9.59 Å². The summed E-state index contributed by atoms with van der Waals surface area (Å²) >= 11 is 0. The molecule has 1 unspecified atom stereocenters. The summed E-state index contributed by atoms with van der Waals surface area (Å²) in [5, 5.41) is 2.36. The fourth-order valence-corrected chi connectivity index (χ4v) is 1.59. The number of carbonyl (C=O) groups is 2. The maximum absolute atomic E-state index is 12.2. The van der Waals surface area contributed by atoms with E-state index in [4.69, 9.17) is 5.73 Å². The van der Waals surface area contributed by atoms with Gasteiger partial charge in [-0.3, -0.25) is 9.59 Å². The van der Waals surface area contributed by atoms with Gasteiger partial charge in [-0.1, -0.05) is 0 Å². The number of nitrogens with zero attached hydrogens (tertiary/aromatic N) is 1. The maximum atomic E-state index is 12.2. The number of carbonyl (C=O) groups excluding carboxylic acids is 2. The number of nitrogens with two attached hydrogens (primary N) is 1. The minimum Gasteiger partial charge on any atom is -0.343 e. The Morgan fingerprint density at radius 1 is 1.50 bits per heavy atom. The van der Waals surface area contributed by atoms with E-state index in [1.165, 1.54) is 13.8 Å². The predicted molar refractivity (Wildman–Crippen MR) is 57.4 cm³/mol. The topological polar surface area (TPSA) is 75.4 Å². The van der Waals surface area contributed by atoms with Crippen LogP contribution in [0, 0.1) is 0 Å². The van der Waals surface area contributed by atoms with E-state index in [0.29, 0.717) is 4.90 Å². The van der Waals surface area contributed by atoms with Crippen LogP contribution in [0.5, 0.6) is 0 Å². The van der Waals surface area contributed by atoms with Gasteiger partial charge in [-0.05, 0) is 20.3 Å². The number of nitrogens with one attached hydrogen (secondary N) is 1. The Bertz CT molecular complexity index is 349. The number of likely N-dealkylation sites (tertiary alicyclic amines) is 1. The highest BCUT2D eigenvalue weighted by Crippen LogP contribution is 2.21. The third-order valence-electron chi connectivity index (χ3n) is 2.56. The number of hydrogen-bond donors (Lipinski definition) is 2. The van der Waals surface area contributed by atoms with E-state index in [0.717, 1.165) is 0 Å². The minimum atomic E-state index is -4.43. The number of amides is 2.